The number of hydrogen-bond donors (Lipinski definition) is 1. The molecule has 0 unspecified atom stereocenters. The quantitative estimate of drug-likeness (QED) is 0.258. The van der Waals surface area contributed by atoms with E-state index in [1.807, 2.05) is 12.1 Å². The van der Waals surface area contributed by atoms with Crippen molar-refractivity contribution in [2.45, 2.75) is 103 Å². The van der Waals surface area contributed by atoms with Crippen LogP contribution in [0.15, 0.2) is 48.5 Å². The highest BCUT2D eigenvalue weighted by molar-refractivity contribution is 5.88. The summed E-state index contributed by atoms with van der Waals surface area (Å²) in [6, 6.07) is 15.8. The van der Waals surface area contributed by atoms with Crippen LogP contribution in [0.1, 0.15) is 113 Å². The molecule has 0 aliphatic rings. The number of unbranched alkanes of at least 4 members (excludes halogenated alkanes) is 13. The minimum atomic E-state index is -0.880. The lowest BCUT2D eigenvalue weighted by Gasteiger charge is -2.06. The molecule has 0 bridgehead atoms. The van der Waals surface area contributed by atoms with E-state index in [-0.39, 0.29) is 0 Å². The van der Waals surface area contributed by atoms with E-state index in [2.05, 4.69) is 31.2 Å². The summed E-state index contributed by atoms with van der Waals surface area (Å²) in [5.41, 5.74) is 3.93. The Morgan fingerprint density at radius 2 is 0.968 bits per heavy atom. The zero-order chi connectivity index (χ0) is 22.2. The number of hydrogen-bond acceptors (Lipinski definition) is 1. The summed E-state index contributed by atoms with van der Waals surface area (Å²) in [5.74, 6) is -0.880. The molecule has 2 heteroatoms. The van der Waals surface area contributed by atoms with Crippen LogP contribution in [-0.2, 0) is 6.42 Å². The SMILES string of the molecule is CCCCCCCCCCCCCCCCc1ccc(-c2ccc(C(=O)O)cc2)cc1. The molecule has 0 heterocycles. The van der Waals surface area contributed by atoms with E-state index in [4.69, 9.17) is 5.11 Å². The molecular weight excluding hydrogens is 380 g/mol. The van der Waals surface area contributed by atoms with Gasteiger partial charge in [-0.25, -0.2) is 4.79 Å². The van der Waals surface area contributed by atoms with Gasteiger partial charge >= 0.3 is 5.97 Å². The third-order valence-electron chi connectivity index (χ3n) is 6.24. The number of benzene rings is 2. The fraction of sp³-hybridized carbons (Fsp3) is 0.552. The van der Waals surface area contributed by atoms with Gasteiger partial charge in [-0.1, -0.05) is 127 Å². The van der Waals surface area contributed by atoms with Gasteiger partial charge in [0.2, 0.25) is 0 Å². The number of carbonyl (C=O) groups is 1. The van der Waals surface area contributed by atoms with Gasteiger partial charge in [0.1, 0.15) is 0 Å². The molecule has 0 saturated heterocycles. The van der Waals surface area contributed by atoms with E-state index >= 15 is 0 Å². The molecule has 0 aromatic heterocycles. The molecule has 0 amide bonds. The first-order chi connectivity index (χ1) is 15.2. The molecule has 0 aliphatic carbocycles. The first-order valence-electron chi connectivity index (χ1n) is 12.6. The van der Waals surface area contributed by atoms with Crippen LogP contribution in [0.25, 0.3) is 11.1 Å². The molecule has 31 heavy (non-hydrogen) atoms. The highest BCUT2D eigenvalue weighted by Crippen LogP contribution is 2.21. The Kier molecular flexibility index (Phi) is 12.7. The number of aromatic carboxylic acids is 1. The number of rotatable bonds is 17. The molecule has 1 N–H and O–H groups in total. The maximum atomic E-state index is 11.0. The van der Waals surface area contributed by atoms with Crippen molar-refractivity contribution in [3.63, 3.8) is 0 Å². The van der Waals surface area contributed by atoms with Gasteiger partial charge in [-0.3, -0.25) is 0 Å². The van der Waals surface area contributed by atoms with Gasteiger partial charge in [-0.05, 0) is 41.7 Å². The summed E-state index contributed by atoms with van der Waals surface area (Å²) in [4.78, 5) is 11.0. The molecule has 2 rings (SSSR count). The van der Waals surface area contributed by atoms with E-state index in [0.717, 1.165) is 17.5 Å². The molecule has 2 aromatic carbocycles. The van der Waals surface area contributed by atoms with Gasteiger partial charge < -0.3 is 5.11 Å². The average Bonchev–Trinajstić information content (AvgIpc) is 2.80. The zero-order valence-corrected chi connectivity index (χ0v) is 19.6. The third kappa shape index (κ3) is 10.7. The second-order valence-electron chi connectivity index (χ2n) is 8.93. The van der Waals surface area contributed by atoms with Crippen LogP contribution in [0.4, 0.5) is 0 Å². The lowest BCUT2D eigenvalue weighted by molar-refractivity contribution is 0.0697. The summed E-state index contributed by atoms with van der Waals surface area (Å²) in [6.45, 7) is 2.28. The molecule has 0 aliphatic heterocycles. The van der Waals surface area contributed by atoms with Crippen molar-refractivity contribution in [3.8, 4) is 11.1 Å². The molecule has 170 valence electrons. The van der Waals surface area contributed by atoms with Gasteiger partial charge in [0.25, 0.3) is 0 Å². The van der Waals surface area contributed by atoms with Crippen molar-refractivity contribution >= 4 is 5.97 Å². The monoisotopic (exact) mass is 422 g/mol. The predicted molar refractivity (Wildman–Crippen MR) is 133 cm³/mol. The molecule has 0 atom stereocenters. The maximum absolute atomic E-state index is 11.0. The molecular formula is C29H42O2. The minimum absolute atomic E-state index is 0.332. The van der Waals surface area contributed by atoms with Crippen molar-refractivity contribution in [2.24, 2.45) is 0 Å². The molecule has 2 aromatic rings. The number of aryl methyl sites for hydroxylation is 1. The van der Waals surface area contributed by atoms with Gasteiger partial charge in [0.15, 0.2) is 0 Å². The number of carboxylic acids is 1. The van der Waals surface area contributed by atoms with E-state index in [0.29, 0.717) is 5.56 Å². The lowest BCUT2D eigenvalue weighted by atomic mass is 10.00. The first kappa shape index (κ1) is 25.2. The van der Waals surface area contributed by atoms with Gasteiger partial charge in [-0.15, -0.1) is 0 Å². The maximum Gasteiger partial charge on any atom is 0.335 e. The molecule has 0 radical (unpaired) electrons. The second-order valence-corrected chi connectivity index (χ2v) is 8.93. The second kappa shape index (κ2) is 15.7. The highest BCUT2D eigenvalue weighted by Gasteiger charge is 2.03. The Balaban J connectivity index is 1.49. The fourth-order valence-electron chi connectivity index (χ4n) is 4.19. The topological polar surface area (TPSA) is 37.3 Å². The molecule has 2 nitrogen and oxygen atoms in total. The molecule has 0 fully saturated rings. The zero-order valence-electron chi connectivity index (χ0n) is 19.6. The van der Waals surface area contributed by atoms with Crippen LogP contribution in [0.5, 0.6) is 0 Å². The van der Waals surface area contributed by atoms with E-state index in [1.54, 1.807) is 12.1 Å². The van der Waals surface area contributed by atoms with Crippen molar-refractivity contribution in [2.75, 3.05) is 0 Å². The van der Waals surface area contributed by atoms with Crippen LogP contribution in [0.2, 0.25) is 0 Å². The van der Waals surface area contributed by atoms with Crippen molar-refractivity contribution in [1.29, 1.82) is 0 Å². The summed E-state index contributed by atoms with van der Waals surface area (Å²) in [5, 5.41) is 9.01. The Bertz CT molecular complexity index is 715. The van der Waals surface area contributed by atoms with Crippen LogP contribution in [0.3, 0.4) is 0 Å². The van der Waals surface area contributed by atoms with E-state index in [1.165, 1.54) is 95.5 Å². The molecule has 0 spiro atoms. The standard InChI is InChI=1S/C29H42O2/c1-2-3-4-5-6-7-8-9-10-11-12-13-14-15-16-25-17-19-26(20-18-25)27-21-23-28(24-22-27)29(30)31/h17-24H,2-16H2,1H3,(H,30,31). The van der Waals surface area contributed by atoms with Crippen LogP contribution in [0, 0.1) is 0 Å². The fourth-order valence-corrected chi connectivity index (χ4v) is 4.19. The molecule has 0 saturated carbocycles. The van der Waals surface area contributed by atoms with Gasteiger partial charge in [0, 0.05) is 0 Å². The Morgan fingerprint density at radius 3 is 1.39 bits per heavy atom. The summed E-state index contributed by atoms with van der Waals surface area (Å²) in [6.07, 6.45) is 20.7. The van der Waals surface area contributed by atoms with E-state index < -0.39 is 5.97 Å². The van der Waals surface area contributed by atoms with Crippen LogP contribution >= 0.6 is 0 Å². The lowest BCUT2D eigenvalue weighted by Crippen LogP contribution is -1.95. The highest BCUT2D eigenvalue weighted by atomic mass is 16.4. The largest absolute Gasteiger partial charge is 0.478 e. The summed E-state index contributed by atoms with van der Waals surface area (Å²) < 4.78 is 0. The van der Waals surface area contributed by atoms with Crippen LogP contribution < -0.4 is 0 Å². The summed E-state index contributed by atoms with van der Waals surface area (Å²) in [7, 11) is 0. The Hall–Kier alpha value is -2.09. The third-order valence-corrected chi connectivity index (χ3v) is 6.24. The Labute approximate surface area is 190 Å². The normalized spacial score (nSPS) is 11.0. The average molecular weight is 423 g/mol. The van der Waals surface area contributed by atoms with Gasteiger partial charge in [-0.2, -0.15) is 0 Å². The van der Waals surface area contributed by atoms with Crippen molar-refractivity contribution in [3.05, 3.63) is 59.7 Å². The minimum Gasteiger partial charge on any atom is -0.478 e. The van der Waals surface area contributed by atoms with Crippen molar-refractivity contribution in [1.82, 2.24) is 0 Å². The van der Waals surface area contributed by atoms with Crippen LogP contribution in [-0.4, -0.2) is 11.1 Å². The van der Waals surface area contributed by atoms with Crippen molar-refractivity contribution < 1.29 is 9.90 Å². The van der Waals surface area contributed by atoms with Gasteiger partial charge in [0.05, 0.1) is 5.56 Å². The predicted octanol–water partition coefficient (Wildman–Crippen LogP) is 9.08. The Morgan fingerprint density at radius 1 is 0.581 bits per heavy atom. The summed E-state index contributed by atoms with van der Waals surface area (Å²) >= 11 is 0. The number of carboxylic acid groups (broad SMARTS) is 1. The van der Waals surface area contributed by atoms with E-state index in [9.17, 15) is 4.79 Å². The smallest absolute Gasteiger partial charge is 0.335 e. The first-order valence-corrected chi connectivity index (χ1v) is 12.6.